The van der Waals surface area contributed by atoms with Crippen LogP contribution in [0.3, 0.4) is 0 Å². The Bertz CT molecular complexity index is 1300. The number of carbonyl (C=O) groups is 1. The van der Waals surface area contributed by atoms with Crippen molar-refractivity contribution < 1.29 is 9.90 Å². The van der Waals surface area contributed by atoms with Gasteiger partial charge in [0.2, 0.25) is 5.78 Å². The van der Waals surface area contributed by atoms with Gasteiger partial charge in [0.15, 0.2) is 0 Å². The number of halogens is 1. The summed E-state index contributed by atoms with van der Waals surface area (Å²) in [5.41, 5.74) is 0.313. The fourth-order valence-corrected chi connectivity index (χ4v) is 3.17. The maximum Gasteiger partial charge on any atom is 0.333 e. The molecule has 0 spiro atoms. The molecule has 4 aromatic rings. The number of carboxylic acids is 1. The van der Waals surface area contributed by atoms with Crippen LogP contribution in [0.15, 0.2) is 58.1 Å². The molecule has 1 N–H and O–H groups in total. The van der Waals surface area contributed by atoms with Crippen molar-refractivity contribution in [3.05, 3.63) is 79.8 Å². The molecule has 0 saturated carbocycles. The molecular weight excluding hydrogens is 372 g/mol. The van der Waals surface area contributed by atoms with Gasteiger partial charge >= 0.3 is 17.1 Å². The predicted octanol–water partition coefficient (Wildman–Crippen LogP) is 1.60. The molecule has 136 valence electrons. The van der Waals surface area contributed by atoms with Gasteiger partial charge in [0.1, 0.15) is 6.54 Å². The van der Waals surface area contributed by atoms with Crippen LogP contribution in [0.1, 0.15) is 5.56 Å². The second-order valence-corrected chi connectivity index (χ2v) is 6.43. The van der Waals surface area contributed by atoms with Crippen LogP contribution in [0, 0.1) is 0 Å². The maximum absolute atomic E-state index is 12.6. The number of rotatable bonds is 4. The van der Waals surface area contributed by atoms with E-state index in [1.54, 1.807) is 28.8 Å². The minimum absolute atomic E-state index is 0.192. The number of benzene rings is 2. The summed E-state index contributed by atoms with van der Waals surface area (Å²) in [6.07, 6.45) is 0. The van der Waals surface area contributed by atoms with E-state index in [1.807, 2.05) is 24.3 Å². The Balaban J connectivity index is 2.04. The SMILES string of the molecule is O=C(O)Cn1nc2n(Cc3ccc(Cl)cc3)c3ccccc3n2c(=O)c1=O. The molecule has 0 aliphatic carbocycles. The molecule has 8 nitrogen and oxygen atoms in total. The van der Waals surface area contributed by atoms with E-state index in [9.17, 15) is 14.4 Å². The van der Waals surface area contributed by atoms with E-state index in [0.29, 0.717) is 27.3 Å². The fourth-order valence-electron chi connectivity index (χ4n) is 3.04. The van der Waals surface area contributed by atoms with Crippen molar-refractivity contribution >= 4 is 34.4 Å². The third kappa shape index (κ3) is 2.89. The first-order chi connectivity index (χ1) is 13.0. The Labute approximate surface area is 156 Å². The van der Waals surface area contributed by atoms with Gasteiger partial charge in [-0.25, -0.2) is 9.08 Å². The Kier molecular flexibility index (Phi) is 4.04. The van der Waals surface area contributed by atoms with Crippen LogP contribution >= 0.6 is 11.6 Å². The van der Waals surface area contributed by atoms with Gasteiger partial charge in [-0.05, 0) is 29.8 Å². The summed E-state index contributed by atoms with van der Waals surface area (Å²) in [5, 5.41) is 13.7. The number of carboxylic acid groups (broad SMARTS) is 1. The lowest BCUT2D eigenvalue weighted by atomic mass is 10.2. The van der Waals surface area contributed by atoms with Crippen molar-refractivity contribution in [2.75, 3.05) is 0 Å². The molecule has 0 fully saturated rings. The fraction of sp³-hybridized carbons (Fsp3) is 0.111. The van der Waals surface area contributed by atoms with E-state index < -0.39 is 23.6 Å². The van der Waals surface area contributed by atoms with Gasteiger partial charge in [0.05, 0.1) is 17.6 Å². The van der Waals surface area contributed by atoms with Crippen LogP contribution in [-0.4, -0.2) is 29.8 Å². The molecule has 2 aromatic carbocycles. The van der Waals surface area contributed by atoms with E-state index in [-0.39, 0.29) is 5.78 Å². The van der Waals surface area contributed by atoms with Gasteiger partial charge in [-0.1, -0.05) is 35.9 Å². The van der Waals surface area contributed by atoms with Gasteiger partial charge in [0.25, 0.3) is 0 Å². The zero-order valence-electron chi connectivity index (χ0n) is 13.9. The van der Waals surface area contributed by atoms with Gasteiger partial charge in [0, 0.05) is 5.02 Å². The molecule has 0 unspecified atom stereocenters. The van der Waals surface area contributed by atoms with Gasteiger partial charge < -0.3 is 9.67 Å². The number of para-hydroxylation sites is 2. The Morgan fingerprint density at radius 2 is 1.67 bits per heavy atom. The molecule has 2 aromatic heterocycles. The summed E-state index contributed by atoms with van der Waals surface area (Å²) in [7, 11) is 0. The van der Waals surface area contributed by atoms with Crippen molar-refractivity contribution in [3.63, 3.8) is 0 Å². The first kappa shape index (κ1) is 17.0. The second kappa shape index (κ2) is 6.40. The average Bonchev–Trinajstić information content (AvgIpc) is 2.95. The summed E-state index contributed by atoms with van der Waals surface area (Å²) < 4.78 is 3.65. The Morgan fingerprint density at radius 1 is 1.00 bits per heavy atom. The topological polar surface area (TPSA) is 98.6 Å². The number of imidazole rings is 1. The van der Waals surface area contributed by atoms with E-state index in [4.69, 9.17) is 16.7 Å². The Hall–Kier alpha value is -3.39. The van der Waals surface area contributed by atoms with Gasteiger partial charge in [-0.3, -0.25) is 14.4 Å². The number of nitrogens with zero attached hydrogens (tertiary/aromatic N) is 4. The van der Waals surface area contributed by atoms with Crippen LogP contribution in [0.4, 0.5) is 0 Å². The third-order valence-corrected chi connectivity index (χ3v) is 4.48. The molecule has 0 saturated heterocycles. The largest absolute Gasteiger partial charge is 0.480 e. The van der Waals surface area contributed by atoms with E-state index in [0.717, 1.165) is 5.56 Å². The minimum atomic E-state index is -1.26. The summed E-state index contributed by atoms with van der Waals surface area (Å²) in [4.78, 5) is 35.9. The van der Waals surface area contributed by atoms with Crippen molar-refractivity contribution in [1.29, 1.82) is 0 Å². The van der Waals surface area contributed by atoms with Crippen LogP contribution in [-0.2, 0) is 17.9 Å². The highest BCUT2D eigenvalue weighted by Gasteiger charge is 2.18. The number of aromatic nitrogens is 4. The second-order valence-electron chi connectivity index (χ2n) is 6.00. The lowest BCUT2D eigenvalue weighted by Gasteiger charge is -2.07. The Morgan fingerprint density at radius 3 is 2.33 bits per heavy atom. The summed E-state index contributed by atoms with van der Waals surface area (Å²) in [5.74, 6) is -1.06. The lowest BCUT2D eigenvalue weighted by Crippen LogP contribution is -2.41. The summed E-state index contributed by atoms with van der Waals surface area (Å²) in [6, 6.07) is 14.3. The van der Waals surface area contributed by atoms with Crippen molar-refractivity contribution in [3.8, 4) is 0 Å². The maximum atomic E-state index is 12.6. The monoisotopic (exact) mass is 384 g/mol. The number of fused-ring (bicyclic) bond motifs is 3. The van der Waals surface area contributed by atoms with Crippen LogP contribution in [0.2, 0.25) is 5.02 Å². The molecule has 4 rings (SSSR count). The van der Waals surface area contributed by atoms with Crippen molar-refractivity contribution in [2.45, 2.75) is 13.1 Å². The molecule has 0 atom stereocenters. The first-order valence-electron chi connectivity index (χ1n) is 8.03. The molecule has 0 aliphatic rings. The predicted molar refractivity (Wildman–Crippen MR) is 99.4 cm³/mol. The molecule has 9 heteroatoms. The van der Waals surface area contributed by atoms with Crippen molar-refractivity contribution in [2.24, 2.45) is 0 Å². The number of hydrogen-bond donors (Lipinski definition) is 1. The number of aliphatic carboxylic acids is 1. The summed E-state index contributed by atoms with van der Waals surface area (Å²) >= 11 is 5.93. The minimum Gasteiger partial charge on any atom is -0.480 e. The highest BCUT2D eigenvalue weighted by molar-refractivity contribution is 6.30. The molecule has 0 bridgehead atoms. The van der Waals surface area contributed by atoms with E-state index in [1.165, 1.54) is 4.40 Å². The quantitative estimate of drug-likeness (QED) is 0.539. The highest BCUT2D eigenvalue weighted by Crippen LogP contribution is 2.20. The average molecular weight is 385 g/mol. The van der Waals surface area contributed by atoms with Crippen molar-refractivity contribution in [1.82, 2.24) is 18.7 Å². The molecule has 0 amide bonds. The standard InChI is InChI=1S/C18H13ClN4O4/c19-12-7-5-11(6-8-12)9-21-13-3-1-2-4-14(13)23-17(27)16(26)22(10-15(24)25)20-18(21)23/h1-8H,9-10H2,(H,24,25). The molecule has 0 radical (unpaired) electrons. The van der Waals surface area contributed by atoms with E-state index >= 15 is 0 Å². The molecular formula is C18H13ClN4O4. The zero-order chi connectivity index (χ0) is 19.1. The third-order valence-electron chi connectivity index (χ3n) is 4.22. The summed E-state index contributed by atoms with van der Waals surface area (Å²) in [6.45, 7) is -0.320. The van der Waals surface area contributed by atoms with Gasteiger partial charge in [-0.2, -0.15) is 0 Å². The number of hydrogen-bond acceptors (Lipinski definition) is 4. The zero-order valence-corrected chi connectivity index (χ0v) is 14.6. The normalized spacial score (nSPS) is 11.3. The lowest BCUT2D eigenvalue weighted by molar-refractivity contribution is -0.138. The smallest absolute Gasteiger partial charge is 0.333 e. The molecule has 27 heavy (non-hydrogen) atoms. The van der Waals surface area contributed by atoms with Crippen LogP contribution < -0.4 is 11.1 Å². The highest BCUT2D eigenvalue weighted by atomic mass is 35.5. The molecule has 2 heterocycles. The van der Waals surface area contributed by atoms with Gasteiger partial charge in [-0.15, -0.1) is 5.10 Å². The molecule has 0 aliphatic heterocycles. The first-order valence-corrected chi connectivity index (χ1v) is 8.41. The van der Waals surface area contributed by atoms with E-state index in [2.05, 4.69) is 5.10 Å². The van der Waals surface area contributed by atoms with Crippen LogP contribution in [0.25, 0.3) is 16.8 Å². The van der Waals surface area contributed by atoms with Crippen LogP contribution in [0.5, 0.6) is 0 Å².